The molecular formula is C17H21NO2. The second-order valence-corrected chi connectivity index (χ2v) is 5.41. The topological polar surface area (TPSA) is 49.3 Å². The molecule has 1 aromatic rings. The van der Waals surface area contributed by atoms with Gasteiger partial charge in [0, 0.05) is 23.6 Å². The van der Waals surface area contributed by atoms with Gasteiger partial charge in [-0.3, -0.25) is 4.79 Å². The van der Waals surface area contributed by atoms with E-state index in [0.29, 0.717) is 12.0 Å². The third-order valence-corrected chi connectivity index (χ3v) is 3.38. The average molecular weight is 271 g/mol. The zero-order valence-electron chi connectivity index (χ0n) is 11.9. The normalized spacial score (nSPS) is 15.1. The maximum atomic E-state index is 12.0. The molecule has 0 bridgehead atoms. The van der Waals surface area contributed by atoms with E-state index in [1.165, 1.54) is 12.8 Å². The maximum absolute atomic E-state index is 12.0. The second kappa shape index (κ2) is 7.12. The molecule has 1 amide bonds. The molecule has 20 heavy (non-hydrogen) atoms. The van der Waals surface area contributed by atoms with Gasteiger partial charge in [-0.25, -0.2) is 0 Å². The summed E-state index contributed by atoms with van der Waals surface area (Å²) in [7, 11) is 0. The minimum Gasteiger partial charge on any atom is -0.395 e. The molecule has 1 saturated carbocycles. The van der Waals surface area contributed by atoms with Crippen LogP contribution in [-0.4, -0.2) is 23.7 Å². The first-order valence-corrected chi connectivity index (χ1v) is 7.19. The van der Waals surface area contributed by atoms with E-state index in [1.54, 1.807) is 12.1 Å². The molecule has 0 spiro atoms. The Bertz CT molecular complexity index is 506. The first-order valence-electron chi connectivity index (χ1n) is 7.19. The molecule has 0 saturated heterocycles. The van der Waals surface area contributed by atoms with Gasteiger partial charge in [-0.05, 0) is 43.5 Å². The van der Waals surface area contributed by atoms with Gasteiger partial charge >= 0.3 is 0 Å². The number of hydrogen-bond acceptors (Lipinski definition) is 2. The van der Waals surface area contributed by atoms with Crippen molar-refractivity contribution in [2.75, 3.05) is 6.61 Å². The van der Waals surface area contributed by atoms with Gasteiger partial charge in [0.25, 0.3) is 5.91 Å². The van der Waals surface area contributed by atoms with Gasteiger partial charge in [0.2, 0.25) is 0 Å². The minimum atomic E-state index is -0.0204. The number of rotatable bonds is 5. The molecule has 2 rings (SSSR count). The molecule has 106 valence electrons. The SMILES string of the molecule is CC(CC1CC1)NC(=O)c1ccc(C#CCCO)cc1. The van der Waals surface area contributed by atoms with Crippen molar-refractivity contribution >= 4 is 5.91 Å². The molecule has 3 heteroatoms. The Labute approximate surface area is 120 Å². The van der Waals surface area contributed by atoms with Crippen molar-refractivity contribution in [2.24, 2.45) is 5.92 Å². The fourth-order valence-corrected chi connectivity index (χ4v) is 2.15. The highest BCUT2D eigenvalue weighted by Crippen LogP contribution is 2.33. The smallest absolute Gasteiger partial charge is 0.251 e. The highest BCUT2D eigenvalue weighted by Gasteiger charge is 2.24. The van der Waals surface area contributed by atoms with Crippen molar-refractivity contribution < 1.29 is 9.90 Å². The molecule has 3 nitrogen and oxygen atoms in total. The van der Waals surface area contributed by atoms with Crippen LogP contribution in [0.2, 0.25) is 0 Å². The summed E-state index contributed by atoms with van der Waals surface area (Å²) in [6.07, 6.45) is 4.17. The third kappa shape index (κ3) is 4.71. The Balaban J connectivity index is 1.88. The first kappa shape index (κ1) is 14.6. The van der Waals surface area contributed by atoms with Crippen molar-refractivity contribution in [2.45, 2.75) is 38.6 Å². The fourth-order valence-electron chi connectivity index (χ4n) is 2.15. The van der Waals surface area contributed by atoms with Crippen molar-refractivity contribution in [3.8, 4) is 11.8 Å². The van der Waals surface area contributed by atoms with Crippen LogP contribution in [0.15, 0.2) is 24.3 Å². The molecule has 0 aromatic heterocycles. The summed E-state index contributed by atoms with van der Waals surface area (Å²) in [6.45, 7) is 2.14. The number of amides is 1. The van der Waals surface area contributed by atoms with Gasteiger partial charge in [0.15, 0.2) is 0 Å². The van der Waals surface area contributed by atoms with Gasteiger partial charge in [0.05, 0.1) is 6.61 Å². The minimum absolute atomic E-state index is 0.0204. The predicted octanol–water partition coefficient (Wildman–Crippen LogP) is 2.34. The Morgan fingerprint density at radius 3 is 2.70 bits per heavy atom. The molecule has 1 unspecified atom stereocenters. The summed E-state index contributed by atoms with van der Waals surface area (Å²) in [5, 5.41) is 11.7. The summed E-state index contributed by atoms with van der Waals surface area (Å²) in [6, 6.07) is 7.50. The van der Waals surface area contributed by atoms with E-state index in [-0.39, 0.29) is 18.6 Å². The molecule has 1 atom stereocenters. The second-order valence-electron chi connectivity index (χ2n) is 5.41. The standard InChI is InChI=1S/C17H21NO2/c1-13(12-15-5-6-15)18-17(20)16-9-7-14(8-10-16)4-2-3-11-19/h7-10,13,15,19H,3,5-6,11-12H2,1H3,(H,18,20). The Morgan fingerprint density at radius 2 is 2.10 bits per heavy atom. The number of carbonyl (C=O) groups is 1. The van der Waals surface area contributed by atoms with E-state index in [4.69, 9.17) is 5.11 Å². The quantitative estimate of drug-likeness (QED) is 0.808. The molecule has 1 aromatic carbocycles. The van der Waals surface area contributed by atoms with E-state index in [2.05, 4.69) is 24.1 Å². The largest absolute Gasteiger partial charge is 0.395 e. The van der Waals surface area contributed by atoms with E-state index >= 15 is 0 Å². The number of aliphatic hydroxyl groups is 1. The molecule has 1 fully saturated rings. The van der Waals surface area contributed by atoms with Gasteiger partial charge < -0.3 is 10.4 Å². The van der Waals surface area contributed by atoms with Crippen molar-refractivity contribution in [1.82, 2.24) is 5.32 Å². The number of benzene rings is 1. The van der Waals surface area contributed by atoms with Crippen LogP contribution < -0.4 is 5.32 Å². The Morgan fingerprint density at radius 1 is 1.40 bits per heavy atom. The molecule has 1 aliphatic rings. The van der Waals surface area contributed by atoms with Crippen molar-refractivity contribution in [3.05, 3.63) is 35.4 Å². The Hall–Kier alpha value is -1.79. The molecule has 0 aliphatic heterocycles. The molecular weight excluding hydrogens is 250 g/mol. The molecule has 0 radical (unpaired) electrons. The van der Waals surface area contributed by atoms with E-state index in [9.17, 15) is 4.79 Å². The number of carbonyl (C=O) groups excluding carboxylic acids is 1. The van der Waals surface area contributed by atoms with Crippen LogP contribution in [0.3, 0.4) is 0 Å². The van der Waals surface area contributed by atoms with E-state index in [0.717, 1.165) is 17.9 Å². The summed E-state index contributed by atoms with van der Waals surface area (Å²) < 4.78 is 0. The molecule has 2 N–H and O–H groups in total. The van der Waals surface area contributed by atoms with Crippen LogP contribution in [0, 0.1) is 17.8 Å². The summed E-state index contributed by atoms with van der Waals surface area (Å²) in [4.78, 5) is 12.0. The highest BCUT2D eigenvalue weighted by atomic mass is 16.2. The monoisotopic (exact) mass is 271 g/mol. The van der Waals surface area contributed by atoms with Gasteiger partial charge in [-0.2, -0.15) is 0 Å². The van der Waals surface area contributed by atoms with Gasteiger partial charge in [-0.1, -0.05) is 24.7 Å². The van der Waals surface area contributed by atoms with E-state index in [1.807, 2.05) is 12.1 Å². The lowest BCUT2D eigenvalue weighted by atomic mass is 10.1. The third-order valence-electron chi connectivity index (χ3n) is 3.38. The van der Waals surface area contributed by atoms with Crippen LogP contribution in [0.1, 0.15) is 48.5 Å². The van der Waals surface area contributed by atoms with Crippen LogP contribution in [-0.2, 0) is 0 Å². The van der Waals surface area contributed by atoms with Crippen LogP contribution >= 0.6 is 0 Å². The number of nitrogens with one attached hydrogen (secondary N) is 1. The van der Waals surface area contributed by atoms with Crippen LogP contribution in [0.4, 0.5) is 0 Å². The lowest BCUT2D eigenvalue weighted by Crippen LogP contribution is -2.32. The molecule has 1 aliphatic carbocycles. The number of aliphatic hydroxyl groups excluding tert-OH is 1. The fraction of sp³-hybridized carbons (Fsp3) is 0.471. The maximum Gasteiger partial charge on any atom is 0.251 e. The molecule has 0 heterocycles. The lowest BCUT2D eigenvalue weighted by Gasteiger charge is -2.13. The van der Waals surface area contributed by atoms with Crippen molar-refractivity contribution in [3.63, 3.8) is 0 Å². The first-order chi connectivity index (χ1) is 9.69. The predicted molar refractivity (Wildman–Crippen MR) is 79.3 cm³/mol. The van der Waals surface area contributed by atoms with Crippen LogP contribution in [0.5, 0.6) is 0 Å². The Kier molecular flexibility index (Phi) is 5.20. The average Bonchev–Trinajstić information content (AvgIpc) is 3.23. The highest BCUT2D eigenvalue weighted by molar-refractivity contribution is 5.94. The van der Waals surface area contributed by atoms with Gasteiger partial charge in [0.1, 0.15) is 0 Å². The van der Waals surface area contributed by atoms with Gasteiger partial charge in [-0.15, -0.1) is 0 Å². The van der Waals surface area contributed by atoms with E-state index < -0.39 is 0 Å². The summed E-state index contributed by atoms with van der Waals surface area (Å²) >= 11 is 0. The zero-order valence-corrected chi connectivity index (χ0v) is 11.9. The summed E-state index contributed by atoms with van der Waals surface area (Å²) in [5.74, 6) is 6.60. The van der Waals surface area contributed by atoms with Crippen LogP contribution in [0.25, 0.3) is 0 Å². The zero-order chi connectivity index (χ0) is 14.4. The number of hydrogen-bond donors (Lipinski definition) is 2. The summed E-state index contributed by atoms with van der Waals surface area (Å²) in [5.41, 5.74) is 1.53. The van der Waals surface area contributed by atoms with Crippen molar-refractivity contribution in [1.29, 1.82) is 0 Å². The lowest BCUT2D eigenvalue weighted by molar-refractivity contribution is 0.0937.